The molecule has 8 heteroatoms. The minimum absolute atomic E-state index is 0.158. The molecule has 1 saturated heterocycles. The molecule has 0 spiro atoms. The first-order valence-electron chi connectivity index (χ1n) is 10.7. The fourth-order valence-electron chi connectivity index (χ4n) is 4.00. The first-order valence-corrected chi connectivity index (χ1v) is 10.7. The summed E-state index contributed by atoms with van der Waals surface area (Å²) in [4.78, 5) is 39.4. The van der Waals surface area contributed by atoms with Crippen molar-refractivity contribution in [1.29, 1.82) is 0 Å². The Morgan fingerprint density at radius 1 is 1.09 bits per heavy atom. The highest BCUT2D eigenvalue weighted by Crippen LogP contribution is 2.39. The molecule has 0 aromatic heterocycles. The molecule has 8 nitrogen and oxygen atoms in total. The van der Waals surface area contributed by atoms with Gasteiger partial charge >= 0.3 is 0 Å². The molecule has 0 radical (unpaired) electrons. The van der Waals surface area contributed by atoms with Crippen molar-refractivity contribution in [2.45, 2.75) is 26.8 Å². The summed E-state index contributed by atoms with van der Waals surface area (Å²) in [6.45, 7) is 8.52. The SMILES string of the molecule is CC[NH+](CC)CCN1C(=O)C(=O)C(=C([O-])c2ccc(C)cc2)C1c1cccc([N+](=O)[O-])c1. The molecule has 168 valence electrons. The van der Waals surface area contributed by atoms with Crippen molar-refractivity contribution < 1.29 is 24.5 Å². The zero-order chi connectivity index (χ0) is 23.4. The predicted molar refractivity (Wildman–Crippen MR) is 118 cm³/mol. The van der Waals surface area contributed by atoms with Gasteiger partial charge in [0, 0.05) is 17.7 Å². The number of carbonyl (C=O) groups is 2. The van der Waals surface area contributed by atoms with E-state index in [0.29, 0.717) is 17.7 Å². The summed E-state index contributed by atoms with van der Waals surface area (Å²) < 4.78 is 0. The highest BCUT2D eigenvalue weighted by Gasteiger charge is 2.44. The number of non-ortho nitro benzene ring substituents is 1. The second kappa shape index (κ2) is 9.74. The van der Waals surface area contributed by atoms with Gasteiger partial charge in [-0.25, -0.2) is 0 Å². The van der Waals surface area contributed by atoms with E-state index in [1.807, 2.05) is 20.8 Å². The number of quaternary nitrogens is 1. The molecule has 1 aliphatic rings. The van der Waals surface area contributed by atoms with Crippen LogP contribution in [0.25, 0.3) is 5.76 Å². The number of nitro groups is 1. The maximum atomic E-state index is 13.3. The van der Waals surface area contributed by atoms with Crippen LogP contribution in [0.1, 0.15) is 36.6 Å². The molecule has 3 rings (SSSR count). The van der Waals surface area contributed by atoms with E-state index in [-0.39, 0.29) is 17.8 Å². The Morgan fingerprint density at radius 2 is 1.75 bits per heavy atom. The molecule has 32 heavy (non-hydrogen) atoms. The maximum absolute atomic E-state index is 13.3. The molecule has 1 unspecified atom stereocenters. The molecule has 1 aliphatic heterocycles. The lowest BCUT2D eigenvalue weighted by Gasteiger charge is -2.28. The number of hydrogen-bond donors (Lipinski definition) is 1. The zero-order valence-electron chi connectivity index (χ0n) is 18.5. The Morgan fingerprint density at radius 3 is 2.34 bits per heavy atom. The van der Waals surface area contributed by atoms with Gasteiger partial charge < -0.3 is 14.9 Å². The third-order valence-electron chi connectivity index (χ3n) is 5.95. The van der Waals surface area contributed by atoms with Crippen LogP contribution in [0, 0.1) is 17.0 Å². The standard InChI is InChI=1S/C24H27N3O5/c1-4-25(5-2)13-14-26-21(18-7-6-8-19(15-18)27(31)32)20(23(29)24(26)30)22(28)17-11-9-16(3)10-12-17/h6-12,15,21,28H,4-5,13-14H2,1-3H3. The molecule has 1 N–H and O–H groups in total. The number of nitrogens with one attached hydrogen (secondary N) is 1. The number of carbonyl (C=O) groups excluding carboxylic acids is 2. The third kappa shape index (κ3) is 4.55. The van der Waals surface area contributed by atoms with Gasteiger partial charge in [-0.2, -0.15) is 0 Å². The molecular weight excluding hydrogens is 410 g/mol. The van der Waals surface area contributed by atoms with Crippen LogP contribution >= 0.6 is 0 Å². The van der Waals surface area contributed by atoms with E-state index in [2.05, 4.69) is 0 Å². The topological polar surface area (TPSA) is 108 Å². The van der Waals surface area contributed by atoms with Gasteiger partial charge in [0.1, 0.15) is 0 Å². The second-order valence-corrected chi connectivity index (χ2v) is 7.90. The quantitative estimate of drug-likeness (QED) is 0.218. The van der Waals surface area contributed by atoms with E-state index >= 15 is 0 Å². The number of nitrogens with zero attached hydrogens (tertiary/aromatic N) is 2. The Bertz CT molecular complexity index is 1060. The van der Waals surface area contributed by atoms with Crippen LogP contribution in [0.3, 0.4) is 0 Å². The van der Waals surface area contributed by atoms with Crippen molar-refractivity contribution in [1.82, 2.24) is 4.90 Å². The number of likely N-dealkylation sites (tertiary alicyclic amines) is 1. The van der Waals surface area contributed by atoms with Gasteiger partial charge in [0.2, 0.25) is 5.78 Å². The van der Waals surface area contributed by atoms with Crippen LogP contribution in [-0.4, -0.2) is 47.7 Å². The summed E-state index contributed by atoms with van der Waals surface area (Å²) in [5.41, 5.74) is 1.32. The first kappa shape index (κ1) is 23.1. The van der Waals surface area contributed by atoms with Crippen molar-refractivity contribution in [3.05, 3.63) is 80.9 Å². The molecule has 0 aliphatic carbocycles. The molecule has 1 atom stereocenters. The highest BCUT2D eigenvalue weighted by molar-refractivity contribution is 6.46. The molecule has 0 bridgehead atoms. The predicted octanol–water partition coefficient (Wildman–Crippen LogP) is 1.05. The van der Waals surface area contributed by atoms with Crippen molar-refractivity contribution in [3.63, 3.8) is 0 Å². The van der Waals surface area contributed by atoms with Gasteiger partial charge in [0.15, 0.2) is 0 Å². The Kier molecular flexibility index (Phi) is 7.05. The normalized spacial score (nSPS) is 17.9. The number of amides is 1. The van der Waals surface area contributed by atoms with Crippen molar-refractivity contribution >= 4 is 23.1 Å². The molecular formula is C24H27N3O5. The molecule has 2 aromatic carbocycles. The van der Waals surface area contributed by atoms with Gasteiger partial charge in [-0.05, 0) is 31.9 Å². The van der Waals surface area contributed by atoms with Gasteiger partial charge in [0.05, 0.1) is 37.1 Å². The number of aryl methyl sites for hydroxylation is 1. The van der Waals surface area contributed by atoms with Crippen LogP contribution < -0.4 is 10.0 Å². The number of rotatable bonds is 8. The molecule has 1 amide bonds. The molecule has 1 heterocycles. The lowest BCUT2D eigenvalue weighted by Crippen LogP contribution is -3.12. The Balaban J connectivity index is 2.13. The van der Waals surface area contributed by atoms with E-state index in [4.69, 9.17) is 0 Å². The van der Waals surface area contributed by atoms with Gasteiger partial charge in [0.25, 0.3) is 11.6 Å². The summed E-state index contributed by atoms with van der Waals surface area (Å²) in [6, 6.07) is 11.6. The number of ketones is 1. The first-order chi connectivity index (χ1) is 15.3. The summed E-state index contributed by atoms with van der Waals surface area (Å²) in [5.74, 6) is -2.12. The van der Waals surface area contributed by atoms with Gasteiger partial charge in [-0.15, -0.1) is 0 Å². The lowest BCUT2D eigenvalue weighted by molar-refractivity contribution is -0.895. The summed E-state index contributed by atoms with van der Waals surface area (Å²) in [7, 11) is 0. The van der Waals surface area contributed by atoms with E-state index in [0.717, 1.165) is 18.7 Å². The second-order valence-electron chi connectivity index (χ2n) is 7.90. The average molecular weight is 437 g/mol. The van der Waals surface area contributed by atoms with E-state index in [1.165, 1.54) is 28.0 Å². The van der Waals surface area contributed by atoms with E-state index < -0.39 is 28.4 Å². The minimum Gasteiger partial charge on any atom is -0.872 e. The van der Waals surface area contributed by atoms with Gasteiger partial charge in [-0.3, -0.25) is 19.7 Å². The van der Waals surface area contributed by atoms with E-state index in [1.54, 1.807) is 30.3 Å². The van der Waals surface area contributed by atoms with Crippen LogP contribution in [0.5, 0.6) is 0 Å². The Labute approximate surface area is 186 Å². The molecule has 2 aromatic rings. The molecule has 0 saturated carbocycles. The summed E-state index contributed by atoms with van der Waals surface area (Å²) in [6.07, 6.45) is 0. The van der Waals surface area contributed by atoms with Crippen LogP contribution in [0.4, 0.5) is 5.69 Å². The van der Waals surface area contributed by atoms with Crippen molar-refractivity contribution in [2.24, 2.45) is 0 Å². The summed E-state index contributed by atoms with van der Waals surface area (Å²) >= 11 is 0. The lowest BCUT2D eigenvalue weighted by atomic mass is 9.94. The molecule has 1 fully saturated rings. The largest absolute Gasteiger partial charge is 0.872 e. The number of benzene rings is 2. The fourth-order valence-corrected chi connectivity index (χ4v) is 4.00. The number of likely N-dealkylation sites (N-methyl/N-ethyl adjacent to an activating group) is 1. The average Bonchev–Trinajstić information content (AvgIpc) is 3.04. The van der Waals surface area contributed by atoms with E-state index in [9.17, 15) is 24.8 Å². The fraction of sp³-hybridized carbons (Fsp3) is 0.333. The van der Waals surface area contributed by atoms with Crippen LogP contribution in [0.2, 0.25) is 0 Å². The number of hydrogen-bond acceptors (Lipinski definition) is 5. The van der Waals surface area contributed by atoms with Crippen molar-refractivity contribution in [2.75, 3.05) is 26.2 Å². The highest BCUT2D eigenvalue weighted by atomic mass is 16.6. The summed E-state index contributed by atoms with van der Waals surface area (Å²) in [5, 5.41) is 24.7. The monoisotopic (exact) mass is 437 g/mol. The minimum atomic E-state index is -0.960. The van der Waals surface area contributed by atoms with Crippen molar-refractivity contribution in [3.8, 4) is 0 Å². The zero-order valence-corrected chi connectivity index (χ0v) is 18.5. The third-order valence-corrected chi connectivity index (χ3v) is 5.95. The van der Waals surface area contributed by atoms with Crippen LogP contribution in [-0.2, 0) is 9.59 Å². The number of Topliss-reactive ketones (excluding diaryl/α,β-unsaturated/α-hetero) is 1. The van der Waals surface area contributed by atoms with Crippen LogP contribution in [0.15, 0.2) is 54.1 Å². The number of nitro benzene ring substituents is 1. The maximum Gasteiger partial charge on any atom is 0.295 e. The van der Waals surface area contributed by atoms with Gasteiger partial charge in [-0.1, -0.05) is 47.7 Å². The Hall–Kier alpha value is -3.52. The smallest absolute Gasteiger partial charge is 0.295 e.